The molecule has 0 rings (SSSR count). The second-order valence-electron chi connectivity index (χ2n) is 0.523. The monoisotopic (exact) mass is 231 g/mol. The Morgan fingerprint density at radius 3 is 2.50 bits per heavy atom. The molecule has 0 aliphatic rings. The van der Waals surface area contributed by atoms with Crippen LogP contribution >= 0.6 is 22.5 Å². The quantitative estimate of drug-likeness (QED) is 0.344. The van der Waals surface area contributed by atoms with Crippen molar-refractivity contribution in [2.45, 2.75) is 0 Å². The van der Waals surface area contributed by atoms with Crippen molar-refractivity contribution in [2.75, 3.05) is 0 Å². The number of hydrogen-bond acceptors (Lipinski definition) is 3. The van der Waals surface area contributed by atoms with Crippen LogP contribution in [0.4, 0.5) is 4.79 Å². The zero-order valence-corrected chi connectivity index (χ0v) is 7.85. The van der Waals surface area contributed by atoms with Crippen molar-refractivity contribution < 1.29 is 4.79 Å². The second-order valence-corrected chi connectivity index (χ2v) is 2.45. The summed E-state index contributed by atoms with van der Waals surface area (Å²) in [5.74, 6) is 0. The van der Waals surface area contributed by atoms with E-state index in [2.05, 4.69) is 15.1 Å². The van der Waals surface area contributed by atoms with Gasteiger partial charge in [0.05, 0.1) is 0 Å². The summed E-state index contributed by atoms with van der Waals surface area (Å²) in [6.07, 6.45) is 0. The Kier molecular flexibility index (Phi) is 4.84. The zero-order chi connectivity index (χ0) is 4.99. The normalized spacial score (nSPS) is 7.67. The van der Waals surface area contributed by atoms with Crippen molar-refractivity contribution in [1.82, 2.24) is 3.48 Å². The van der Waals surface area contributed by atoms with Gasteiger partial charge in [0.2, 0.25) is 0 Å². The third kappa shape index (κ3) is 3.19. The van der Waals surface area contributed by atoms with Crippen molar-refractivity contribution in [3.8, 4) is 0 Å². The van der Waals surface area contributed by atoms with E-state index < -0.39 is 0 Å². The molecule has 5 heteroatoms. The van der Waals surface area contributed by atoms with Crippen LogP contribution in [0.2, 0.25) is 0 Å². The molecule has 36 valence electrons. The zero-order valence-electron chi connectivity index (χ0n) is 2.84. The van der Waals surface area contributed by atoms with Gasteiger partial charge in [-0.3, -0.25) is 0 Å². The average molecular weight is 232 g/mol. The molecular weight excluding hydrogens is 228 g/mol. The van der Waals surface area contributed by atoms with Crippen LogP contribution in [0.1, 0.15) is 0 Å². The number of carbonyl (C=O) groups excluding carboxylic acids is 1. The van der Waals surface area contributed by atoms with E-state index >= 15 is 0 Å². The van der Waals surface area contributed by atoms with Gasteiger partial charge in [-0.15, -0.1) is 0 Å². The van der Waals surface area contributed by atoms with Crippen LogP contribution in [-0.4, -0.2) is 28.5 Å². The van der Waals surface area contributed by atoms with Gasteiger partial charge >= 0.3 is 59.3 Å². The molecule has 0 aliphatic heterocycles. The first kappa shape index (κ1) is 6.99. The second kappa shape index (κ2) is 4.16. The fourth-order valence-electron chi connectivity index (χ4n) is 0.0264. The van der Waals surface area contributed by atoms with E-state index in [1.54, 1.807) is 0 Å². The molecule has 0 aromatic carbocycles. The number of carbonyl (C=O) groups is 1. The third-order valence-electron chi connectivity index (χ3n) is 0.201. The van der Waals surface area contributed by atoms with E-state index in [1.807, 2.05) is 0 Å². The van der Waals surface area contributed by atoms with Crippen LogP contribution in [0.3, 0.4) is 0 Å². The molecule has 0 heterocycles. The van der Waals surface area contributed by atoms with Crippen LogP contribution in [0.25, 0.3) is 0 Å². The van der Waals surface area contributed by atoms with Crippen molar-refractivity contribution in [3.63, 3.8) is 0 Å². The summed E-state index contributed by atoms with van der Waals surface area (Å²) >= 11 is 4.39. The SMILES string of the molecule is O=C([NH][SbH2])SS. The summed E-state index contributed by atoms with van der Waals surface area (Å²) in [6, 6.07) is 0. The molecule has 0 bridgehead atoms. The molecule has 0 spiro atoms. The molecule has 1 N–H and O–H groups in total. The maximum atomic E-state index is 9.99. The minimum absolute atomic E-state index is 0.0688. The van der Waals surface area contributed by atoms with Crippen LogP contribution in [0, 0.1) is 0 Å². The number of rotatable bonds is 0. The number of nitrogens with one attached hydrogen (secondary N) is 1. The molecule has 0 aromatic rings. The van der Waals surface area contributed by atoms with E-state index in [0.717, 1.165) is 34.1 Å². The number of amides is 1. The molecule has 0 saturated carbocycles. The predicted molar refractivity (Wildman–Crippen MR) is 33.7 cm³/mol. The molecule has 0 atom stereocenters. The molecule has 0 radical (unpaired) electrons. The van der Waals surface area contributed by atoms with Crippen molar-refractivity contribution in [1.29, 1.82) is 0 Å². The van der Waals surface area contributed by atoms with Crippen LogP contribution < -0.4 is 3.48 Å². The summed E-state index contributed by atoms with van der Waals surface area (Å²) in [5, 5.41) is -0.0688. The topological polar surface area (TPSA) is 29.1 Å². The first-order valence-corrected chi connectivity index (χ1v) is 4.65. The molecule has 0 saturated heterocycles. The first-order valence-electron chi connectivity index (χ1n) is 1.13. The fourth-order valence-corrected chi connectivity index (χ4v) is 1.59. The molecule has 0 aliphatic carbocycles. The van der Waals surface area contributed by atoms with Crippen molar-refractivity contribution in [2.24, 2.45) is 0 Å². The summed E-state index contributed by atoms with van der Waals surface area (Å²) in [5.41, 5.74) is 0. The van der Waals surface area contributed by atoms with Gasteiger partial charge < -0.3 is 0 Å². The standard InChI is InChI=1S/CH3NOS2.Sb.2H/c2-1(3)5-4;;;/h(H3,2,3,4);;;/q;+1;;/p-1. The van der Waals surface area contributed by atoms with Gasteiger partial charge in [0.1, 0.15) is 0 Å². The Bertz CT molecular complexity index is 51.5. The third-order valence-corrected chi connectivity index (χ3v) is 2.33. The van der Waals surface area contributed by atoms with E-state index in [0.29, 0.717) is 0 Å². The summed E-state index contributed by atoms with van der Waals surface area (Å²) in [4.78, 5) is 9.99. The molecule has 0 unspecified atom stereocenters. The van der Waals surface area contributed by atoms with E-state index in [9.17, 15) is 4.79 Å². The van der Waals surface area contributed by atoms with Gasteiger partial charge in [0, 0.05) is 0 Å². The van der Waals surface area contributed by atoms with Gasteiger partial charge in [-0.05, 0) is 0 Å². The molecule has 0 aromatic heterocycles. The summed E-state index contributed by atoms with van der Waals surface area (Å²) in [7, 11) is 0.902. The van der Waals surface area contributed by atoms with Crippen molar-refractivity contribution >= 4 is 51.0 Å². The molecule has 1 amide bonds. The van der Waals surface area contributed by atoms with Gasteiger partial charge in [0.25, 0.3) is 0 Å². The van der Waals surface area contributed by atoms with Gasteiger partial charge in [-0.1, -0.05) is 0 Å². The Morgan fingerprint density at radius 1 is 2.00 bits per heavy atom. The van der Waals surface area contributed by atoms with Crippen LogP contribution in [0.15, 0.2) is 0 Å². The Hall–Kier alpha value is 0.988. The molecule has 6 heavy (non-hydrogen) atoms. The average Bonchev–Trinajstić information content (AvgIpc) is 1.65. The first-order chi connectivity index (χ1) is 2.81. The van der Waals surface area contributed by atoms with E-state index in [1.165, 1.54) is 0 Å². The summed E-state index contributed by atoms with van der Waals surface area (Å²) < 4.78 is 2.49. The van der Waals surface area contributed by atoms with Crippen LogP contribution in [0.5, 0.6) is 0 Å². The van der Waals surface area contributed by atoms with Crippen molar-refractivity contribution in [3.05, 3.63) is 0 Å². The van der Waals surface area contributed by atoms with Gasteiger partial charge in [-0.25, -0.2) is 0 Å². The molecule has 2 nitrogen and oxygen atoms in total. The Labute approximate surface area is 59.1 Å². The fraction of sp³-hybridized carbons (Fsp3) is 0. The molecule has 0 fully saturated rings. The van der Waals surface area contributed by atoms with E-state index in [-0.39, 0.29) is 5.24 Å². The van der Waals surface area contributed by atoms with Gasteiger partial charge in [0.15, 0.2) is 0 Å². The Balaban J connectivity index is 2.99. The minimum atomic E-state index is -0.0688. The number of hydrogen-bond donors (Lipinski definition) is 2. The number of thiol groups is 1. The maximum absolute atomic E-state index is 9.99. The van der Waals surface area contributed by atoms with E-state index in [4.69, 9.17) is 0 Å². The summed E-state index contributed by atoms with van der Waals surface area (Å²) in [6.45, 7) is 0. The van der Waals surface area contributed by atoms with Crippen LogP contribution in [-0.2, 0) is 0 Å². The molecular formula is CH4NOS2Sb. The Morgan fingerprint density at radius 2 is 2.50 bits per heavy atom. The predicted octanol–water partition coefficient (Wildman–Crippen LogP) is -0.178. The van der Waals surface area contributed by atoms with Gasteiger partial charge in [-0.2, -0.15) is 0 Å².